The van der Waals surface area contributed by atoms with Gasteiger partial charge in [-0.3, -0.25) is 10.0 Å². The Hall–Kier alpha value is -1.61. The summed E-state index contributed by atoms with van der Waals surface area (Å²) in [5, 5.41) is 8.58. The lowest BCUT2D eigenvalue weighted by atomic mass is 9.96. The minimum absolute atomic E-state index is 0.255. The molecule has 0 aromatic heterocycles. The number of rotatable bonds is 5. The van der Waals surface area contributed by atoms with Crippen molar-refractivity contribution in [2.75, 3.05) is 0 Å². The maximum atomic E-state index is 11.3. The second-order valence-electron chi connectivity index (χ2n) is 3.39. The fraction of sp³-hybridized carbons (Fsp3) is 0.250. The summed E-state index contributed by atoms with van der Waals surface area (Å²) in [5.41, 5.74) is 2.76. The Labute approximate surface area is 89.4 Å². The quantitative estimate of drug-likeness (QED) is 0.438. The van der Waals surface area contributed by atoms with E-state index in [1.165, 1.54) is 0 Å². The molecular formula is C12H15NO2. The number of carbonyl (C=O) groups excluding carboxylic acids is 1. The van der Waals surface area contributed by atoms with Crippen LogP contribution in [0.1, 0.15) is 12.0 Å². The minimum atomic E-state index is -0.362. The highest BCUT2D eigenvalue weighted by Gasteiger charge is 2.16. The number of amides is 1. The van der Waals surface area contributed by atoms with Gasteiger partial charge in [-0.2, -0.15) is 0 Å². The highest BCUT2D eigenvalue weighted by Crippen LogP contribution is 2.12. The van der Waals surface area contributed by atoms with Crippen LogP contribution in [-0.2, 0) is 11.2 Å². The van der Waals surface area contributed by atoms with Gasteiger partial charge in [0.2, 0.25) is 5.91 Å². The summed E-state index contributed by atoms with van der Waals surface area (Å²) in [6.45, 7) is 3.60. The molecule has 1 rings (SSSR count). The highest BCUT2D eigenvalue weighted by atomic mass is 16.5. The summed E-state index contributed by atoms with van der Waals surface area (Å²) >= 11 is 0. The molecule has 0 fully saturated rings. The van der Waals surface area contributed by atoms with E-state index in [0.29, 0.717) is 12.8 Å². The van der Waals surface area contributed by atoms with Crippen LogP contribution in [0.2, 0.25) is 0 Å². The Morgan fingerprint density at radius 2 is 2.13 bits per heavy atom. The van der Waals surface area contributed by atoms with Gasteiger partial charge in [0.25, 0.3) is 0 Å². The van der Waals surface area contributed by atoms with E-state index in [9.17, 15) is 4.79 Å². The second-order valence-corrected chi connectivity index (χ2v) is 3.39. The van der Waals surface area contributed by atoms with Crippen LogP contribution in [0.15, 0.2) is 43.0 Å². The molecular weight excluding hydrogens is 190 g/mol. The standard InChI is InChI=1S/C12H15NO2/c1-2-6-11(12(14)13-15)9-10-7-4-3-5-8-10/h2-5,7-8,11,15H,1,6,9H2,(H,13,14). The van der Waals surface area contributed by atoms with Gasteiger partial charge in [0.15, 0.2) is 0 Å². The van der Waals surface area contributed by atoms with Crippen molar-refractivity contribution in [3.63, 3.8) is 0 Å². The van der Waals surface area contributed by atoms with Crippen molar-refractivity contribution in [2.24, 2.45) is 5.92 Å². The molecule has 3 heteroatoms. The second kappa shape index (κ2) is 5.98. The molecule has 15 heavy (non-hydrogen) atoms. The van der Waals surface area contributed by atoms with Crippen LogP contribution in [-0.4, -0.2) is 11.1 Å². The molecule has 1 unspecified atom stereocenters. The van der Waals surface area contributed by atoms with E-state index in [0.717, 1.165) is 5.56 Å². The van der Waals surface area contributed by atoms with Gasteiger partial charge < -0.3 is 0 Å². The van der Waals surface area contributed by atoms with Gasteiger partial charge in [-0.15, -0.1) is 6.58 Å². The van der Waals surface area contributed by atoms with E-state index < -0.39 is 0 Å². The van der Waals surface area contributed by atoms with E-state index >= 15 is 0 Å². The number of carbonyl (C=O) groups is 1. The third-order valence-corrected chi connectivity index (χ3v) is 2.26. The largest absolute Gasteiger partial charge is 0.289 e. The van der Waals surface area contributed by atoms with Crippen LogP contribution in [0.3, 0.4) is 0 Å². The van der Waals surface area contributed by atoms with Gasteiger partial charge in [0, 0.05) is 5.92 Å². The zero-order chi connectivity index (χ0) is 11.1. The molecule has 3 nitrogen and oxygen atoms in total. The van der Waals surface area contributed by atoms with Gasteiger partial charge in [0.05, 0.1) is 0 Å². The first-order valence-electron chi connectivity index (χ1n) is 4.86. The maximum Gasteiger partial charge on any atom is 0.247 e. The molecule has 2 N–H and O–H groups in total. The highest BCUT2D eigenvalue weighted by molar-refractivity contribution is 5.77. The van der Waals surface area contributed by atoms with Crippen LogP contribution >= 0.6 is 0 Å². The van der Waals surface area contributed by atoms with Crippen LogP contribution < -0.4 is 5.48 Å². The van der Waals surface area contributed by atoms with Gasteiger partial charge in [0.1, 0.15) is 0 Å². The molecule has 0 aliphatic heterocycles. The van der Waals surface area contributed by atoms with Gasteiger partial charge in [-0.25, -0.2) is 5.48 Å². The summed E-state index contributed by atoms with van der Waals surface area (Å²) in [6, 6.07) is 9.70. The molecule has 1 aromatic rings. The average molecular weight is 205 g/mol. The fourth-order valence-corrected chi connectivity index (χ4v) is 1.47. The number of hydrogen-bond donors (Lipinski definition) is 2. The van der Waals surface area contributed by atoms with Gasteiger partial charge in [-0.05, 0) is 18.4 Å². The lowest BCUT2D eigenvalue weighted by Crippen LogP contribution is -2.29. The number of nitrogens with one attached hydrogen (secondary N) is 1. The van der Waals surface area contributed by atoms with E-state index in [-0.39, 0.29) is 11.8 Å². The molecule has 1 atom stereocenters. The van der Waals surface area contributed by atoms with Crippen molar-refractivity contribution in [3.8, 4) is 0 Å². The molecule has 0 heterocycles. The van der Waals surface area contributed by atoms with E-state index in [1.807, 2.05) is 30.3 Å². The van der Waals surface area contributed by atoms with Crippen LogP contribution in [0.25, 0.3) is 0 Å². The molecule has 0 saturated heterocycles. The predicted octanol–water partition coefficient (Wildman–Crippen LogP) is 1.93. The monoisotopic (exact) mass is 205 g/mol. The molecule has 1 aromatic carbocycles. The van der Waals surface area contributed by atoms with Crippen molar-refractivity contribution in [1.82, 2.24) is 5.48 Å². The van der Waals surface area contributed by atoms with E-state index in [1.54, 1.807) is 11.6 Å². The Morgan fingerprint density at radius 3 is 2.67 bits per heavy atom. The molecule has 0 saturated carbocycles. The maximum absolute atomic E-state index is 11.3. The molecule has 0 bridgehead atoms. The van der Waals surface area contributed by atoms with Gasteiger partial charge in [-0.1, -0.05) is 36.4 Å². The topological polar surface area (TPSA) is 49.3 Å². The SMILES string of the molecule is C=CCC(Cc1ccccc1)C(=O)NO. The molecule has 80 valence electrons. The smallest absolute Gasteiger partial charge is 0.247 e. The van der Waals surface area contributed by atoms with Crippen molar-refractivity contribution in [1.29, 1.82) is 0 Å². The summed E-state index contributed by atoms with van der Waals surface area (Å²) in [4.78, 5) is 11.3. The van der Waals surface area contributed by atoms with Crippen molar-refractivity contribution >= 4 is 5.91 Å². The first-order valence-corrected chi connectivity index (χ1v) is 4.86. The number of allylic oxidation sites excluding steroid dienone is 1. The molecule has 0 aliphatic carbocycles. The number of hydrogen-bond acceptors (Lipinski definition) is 2. The Bertz CT molecular complexity index is 322. The summed E-state index contributed by atoms with van der Waals surface area (Å²) in [7, 11) is 0. The number of benzene rings is 1. The first kappa shape index (κ1) is 11.5. The molecule has 0 radical (unpaired) electrons. The van der Waals surface area contributed by atoms with Crippen molar-refractivity contribution in [3.05, 3.63) is 48.6 Å². The lowest BCUT2D eigenvalue weighted by Gasteiger charge is -2.12. The van der Waals surface area contributed by atoms with Crippen molar-refractivity contribution in [2.45, 2.75) is 12.8 Å². The Balaban J connectivity index is 2.66. The number of hydroxylamine groups is 1. The summed E-state index contributed by atoms with van der Waals surface area (Å²) < 4.78 is 0. The zero-order valence-corrected chi connectivity index (χ0v) is 8.52. The van der Waals surface area contributed by atoms with Crippen LogP contribution in [0.4, 0.5) is 0 Å². The first-order chi connectivity index (χ1) is 7.27. The third-order valence-electron chi connectivity index (χ3n) is 2.26. The summed E-state index contributed by atoms with van der Waals surface area (Å²) in [6.07, 6.45) is 2.85. The molecule has 0 aliphatic rings. The Kier molecular flexibility index (Phi) is 4.57. The van der Waals surface area contributed by atoms with E-state index in [4.69, 9.17) is 5.21 Å². The van der Waals surface area contributed by atoms with Crippen LogP contribution in [0, 0.1) is 5.92 Å². The fourth-order valence-electron chi connectivity index (χ4n) is 1.47. The third kappa shape index (κ3) is 3.56. The molecule has 0 spiro atoms. The molecule has 1 amide bonds. The normalized spacial score (nSPS) is 11.8. The lowest BCUT2D eigenvalue weighted by molar-refractivity contribution is -0.133. The van der Waals surface area contributed by atoms with E-state index in [2.05, 4.69) is 6.58 Å². The minimum Gasteiger partial charge on any atom is -0.289 e. The van der Waals surface area contributed by atoms with Crippen LogP contribution in [0.5, 0.6) is 0 Å². The van der Waals surface area contributed by atoms with Crippen molar-refractivity contribution < 1.29 is 10.0 Å². The van der Waals surface area contributed by atoms with Gasteiger partial charge >= 0.3 is 0 Å². The average Bonchev–Trinajstić information content (AvgIpc) is 2.29. The Morgan fingerprint density at radius 1 is 1.47 bits per heavy atom. The zero-order valence-electron chi connectivity index (χ0n) is 8.52. The summed E-state index contributed by atoms with van der Waals surface area (Å²) in [5.74, 6) is -0.617. The predicted molar refractivity (Wildman–Crippen MR) is 58.4 cm³/mol.